The minimum atomic E-state index is -0.282. The number of hydrogen-bond acceptors (Lipinski definition) is 6. The summed E-state index contributed by atoms with van der Waals surface area (Å²) in [6.07, 6.45) is 7.16. The van der Waals surface area contributed by atoms with Crippen LogP contribution in [0, 0.1) is 0 Å². The third kappa shape index (κ3) is 4.24. The van der Waals surface area contributed by atoms with Crippen LogP contribution in [-0.2, 0) is 6.61 Å². The van der Waals surface area contributed by atoms with E-state index >= 15 is 0 Å². The van der Waals surface area contributed by atoms with E-state index in [4.69, 9.17) is 4.98 Å². The standard InChI is InChI=1S/C28H30N6O2/c1-17(2)18-9-10-20-19(13-18)14-30-34(27(20)36)24-8-6-7-21(22(24)16-35)23-15-33-12-11-29-26(33)25(31-23)32-28(3,4)5/h6-15,17,35H,16H2,1-5H3,(H,31,32). The van der Waals surface area contributed by atoms with E-state index in [2.05, 4.69) is 50.0 Å². The lowest BCUT2D eigenvalue weighted by atomic mass is 10.0. The van der Waals surface area contributed by atoms with Crippen LogP contribution in [0.1, 0.15) is 51.7 Å². The largest absolute Gasteiger partial charge is 0.392 e. The van der Waals surface area contributed by atoms with E-state index in [0.29, 0.717) is 45.3 Å². The van der Waals surface area contributed by atoms with E-state index in [0.717, 1.165) is 10.9 Å². The van der Waals surface area contributed by atoms with Crippen LogP contribution in [0.4, 0.5) is 5.82 Å². The number of aromatic nitrogens is 5. The molecule has 5 aromatic rings. The van der Waals surface area contributed by atoms with Gasteiger partial charge in [0.1, 0.15) is 0 Å². The lowest BCUT2D eigenvalue weighted by molar-refractivity contribution is 0.281. The zero-order valence-corrected chi connectivity index (χ0v) is 21.1. The maximum atomic E-state index is 13.5. The second kappa shape index (κ2) is 8.87. The quantitative estimate of drug-likeness (QED) is 0.369. The smallest absolute Gasteiger partial charge is 0.279 e. The van der Waals surface area contributed by atoms with Crippen LogP contribution < -0.4 is 10.9 Å². The van der Waals surface area contributed by atoms with E-state index in [1.165, 1.54) is 4.68 Å². The number of imidazole rings is 1. The maximum Gasteiger partial charge on any atom is 0.279 e. The molecular formula is C28H30N6O2. The summed E-state index contributed by atoms with van der Waals surface area (Å²) in [5.74, 6) is 0.994. The van der Waals surface area contributed by atoms with Crippen LogP contribution in [0.25, 0.3) is 33.4 Å². The Kier molecular flexibility index (Phi) is 5.84. The minimum absolute atomic E-state index is 0.225. The monoisotopic (exact) mass is 482 g/mol. The normalized spacial score (nSPS) is 12.1. The Morgan fingerprint density at radius 2 is 1.94 bits per heavy atom. The molecule has 8 heteroatoms. The van der Waals surface area contributed by atoms with Gasteiger partial charge in [0, 0.05) is 40.6 Å². The lowest BCUT2D eigenvalue weighted by Gasteiger charge is -2.22. The van der Waals surface area contributed by atoms with Gasteiger partial charge in [-0.25, -0.2) is 9.97 Å². The topological polar surface area (TPSA) is 97.3 Å². The van der Waals surface area contributed by atoms with Crippen molar-refractivity contribution < 1.29 is 5.11 Å². The van der Waals surface area contributed by atoms with Gasteiger partial charge in [-0.15, -0.1) is 0 Å². The van der Waals surface area contributed by atoms with Crippen molar-refractivity contribution in [3.8, 4) is 16.9 Å². The molecule has 2 N–H and O–H groups in total. The number of benzene rings is 2. The van der Waals surface area contributed by atoms with E-state index in [1.54, 1.807) is 18.5 Å². The molecule has 36 heavy (non-hydrogen) atoms. The van der Waals surface area contributed by atoms with Crippen LogP contribution in [-0.4, -0.2) is 34.8 Å². The molecule has 0 aliphatic rings. The van der Waals surface area contributed by atoms with Gasteiger partial charge >= 0.3 is 0 Å². The number of aliphatic hydroxyl groups is 1. The fourth-order valence-electron chi connectivity index (χ4n) is 4.38. The Labute approximate surface area is 209 Å². The van der Waals surface area contributed by atoms with Crippen molar-refractivity contribution in [1.82, 2.24) is 24.1 Å². The molecule has 5 rings (SSSR count). The van der Waals surface area contributed by atoms with Gasteiger partial charge in [-0.3, -0.25) is 4.79 Å². The lowest BCUT2D eigenvalue weighted by Crippen LogP contribution is -2.27. The molecule has 8 nitrogen and oxygen atoms in total. The van der Waals surface area contributed by atoms with Gasteiger partial charge in [0.15, 0.2) is 11.5 Å². The summed E-state index contributed by atoms with van der Waals surface area (Å²) < 4.78 is 3.26. The Morgan fingerprint density at radius 1 is 1.14 bits per heavy atom. The van der Waals surface area contributed by atoms with Crippen LogP contribution in [0.5, 0.6) is 0 Å². The molecule has 0 spiro atoms. The van der Waals surface area contributed by atoms with E-state index in [1.807, 2.05) is 47.1 Å². The molecule has 2 aromatic carbocycles. The number of aliphatic hydroxyl groups excluding tert-OH is 1. The summed E-state index contributed by atoms with van der Waals surface area (Å²) in [7, 11) is 0. The highest BCUT2D eigenvalue weighted by Crippen LogP contribution is 2.30. The summed E-state index contributed by atoms with van der Waals surface area (Å²) in [5.41, 5.74) is 3.86. The number of nitrogens with zero attached hydrogens (tertiary/aromatic N) is 5. The fourth-order valence-corrected chi connectivity index (χ4v) is 4.38. The fraction of sp³-hybridized carbons (Fsp3) is 0.286. The molecule has 0 fully saturated rings. The molecule has 0 aliphatic heterocycles. The minimum Gasteiger partial charge on any atom is -0.392 e. The van der Waals surface area contributed by atoms with Crippen LogP contribution in [0.2, 0.25) is 0 Å². The number of anilines is 1. The number of fused-ring (bicyclic) bond motifs is 2. The van der Waals surface area contributed by atoms with Crippen molar-refractivity contribution in [3.63, 3.8) is 0 Å². The third-order valence-electron chi connectivity index (χ3n) is 6.16. The molecule has 0 aliphatic carbocycles. The van der Waals surface area contributed by atoms with Gasteiger partial charge in [0.05, 0.1) is 29.6 Å². The molecular weight excluding hydrogens is 452 g/mol. The molecule has 0 saturated carbocycles. The maximum absolute atomic E-state index is 13.5. The number of hydrogen-bond donors (Lipinski definition) is 2. The highest BCUT2D eigenvalue weighted by molar-refractivity contribution is 5.82. The summed E-state index contributed by atoms with van der Waals surface area (Å²) in [6, 6.07) is 11.4. The van der Waals surface area contributed by atoms with Crippen molar-refractivity contribution in [2.45, 2.75) is 52.7 Å². The van der Waals surface area contributed by atoms with Crippen molar-refractivity contribution in [2.75, 3.05) is 5.32 Å². The Balaban J connectivity index is 1.68. The van der Waals surface area contributed by atoms with Gasteiger partial charge in [-0.05, 0) is 50.5 Å². The molecule has 0 unspecified atom stereocenters. The SMILES string of the molecule is CC(C)c1ccc2c(=O)n(-c3cccc(-c4cn5ccnc5c(NC(C)(C)C)n4)c3CO)ncc2c1. The summed E-state index contributed by atoms with van der Waals surface area (Å²) in [6.45, 7) is 10.1. The number of nitrogens with one attached hydrogen (secondary N) is 1. The average Bonchev–Trinajstić information content (AvgIpc) is 3.32. The van der Waals surface area contributed by atoms with Gasteiger partial charge in [-0.1, -0.05) is 32.0 Å². The van der Waals surface area contributed by atoms with Crippen LogP contribution in [0.3, 0.4) is 0 Å². The Morgan fingerprint density at radius 3 is 2.67 bits per heavy atom. The van der Waals surface area contributed by atoms with Gasteiger partial charge < -0.3 is 14.8 Å². The number of rotatable bonds is 5. The van der Waals surface area contributed by atoms with E-state index in [9.17, 15) is 9.90 Å². The van der Waals surface area contributed by atoms with Crippen molar-refractivity contribution in [1.29, 1.82) is 0 Å². The van der Waals surface area contributed by atoms with Crippen molar-refractivity contribution >= 4 is 22.2 Å². The highest BCUT2D eigenvalue weighted by atomic mass is 16.3. The van der Waals surface area contributed by atoms with E-state index < -0.39 is 0 Å². The summed E-state index contributed by atoms with van der Waals surface area (Å²) >= 11 is 0. The van der Waals surface area contributed by atoms with Crippen molar-refractivity contribution in [2.24, 2.45) is 0 Å². The first-order valence-electron chi connectivity index (χ1n) is 12.0. The first-order valence-corrected chi connectivity index (χ1v) is 12.0. The summed E-state index contributed by atoms with van der Waals surface area (Å²) in [4.78, 5) is 22.8. The molecule has 3 aromatic heterocycles. The van der Waals surface area contributed by atoms with E-state index in [-0.39, 0.29) is 17.7 Å². The first-order chi connectivity index (χ1) is 17.2. The van der Waals surface area contributed by atoms with Gasteiger partial charge in [0.2, 0.25) is 0 Å². The zero-order valence-electron chi connectivity index (χ0n) is 21.1. The molecule has 184 valence electrons. The highest BCUT2D eigenvalue weighted by Gasteiger charge is 2.19. The molecule has 0 atom stereocenters. The van der Waals surface area contributed by atoms with Crippen molar-refractivity contribution in [3.05, 3.63) is 82.7 Å². The first kappa shape index (κ1) is 23.7. The average molecular weight is 483 g/mol. The Hall–Kier alpha value is -4.04. The zero-order chi connectivity index (χ0) is 25.6. The molecule has 0 radical (unpaired) electrons. The predicted octanol–water partition coefficient (Wildman–Crippen LogP) is 4.92. The van der Waals surface area contributed by atoms with Crippen LogP contribution in [0.15, 0.2) is 66.0 Å². The molecule has 0 amide bonds. The molecule has 0 saturated heterocycles. The van der Waals surface area contributed by atoms with Gasteiger partial charge in [-0.2, -0.15) is 9.78 Å². The predicted molar refractivity (Wildman–Crippen MR) is 143 cm³/mol. The van der Waals surface area contributed by atoms with Gasteiger partial charge in [0.25, 0.3) is 5.56 Å². The third-order valence-corrected chi connectivity index (χ3v) is 6.16. The summed E-state index contributed by atoms with van der Waals surface area (Å²) in [5, 5.41) is 19.7. The second-order valence-electron chi connectivity index (χ2n) is 10.3. The Bertz CT molecular complexity index is 1640. The van der Waals surface area contributed by atoms with Crippen LogP contribution >= 0.6 is 0 Å². The molecule has 0 bridgehead atoms. The second-order valence-corrected chi connectivity index (χ2v) is 10.3. The molecule has 3 heterocycles.